The molecule has 21 heavy (non-hydrogen) atoms. The van der Waals surface area contributed by atoms with Crippen molar-refractivity contribution in [1.29, 1.82) is 0 Å². The maximum Gasteiger partial charge on any atom is 0.0104 e. The van der Waals surface area contributed by atoms with Crippen LogP contribution in [0.25, 0.3) is 0 Å². The lowest BCUT2D eigenvalue weighted by molar-refractivity contribution is 0.128. The Labute approximate surface area is 129 Å². The zero-order valence-electron chi connectivity index (χ0n) is 13.5. The van der Waals surface area contributed by atoms with E-state index in [1.807, 2.05) is 0 Å². The van der Waals surface area contributed by atoms with Gasteiger partial charge in [0.15, 0.2) is 0 Å². The third kappa shape index (κ3) is 3.49. The summed E-state index contributed by atoms with van der Waals surface area (Å²) in [5, 5.41) is 3.54. The fourth-order valence-corrected chi connectivity index (χ4v) is 4.22. The molecule has 0 saturated carbocycles. The highest BCUT2D eigenvalue weighted by molar-refractivity contribution is 5.27. The minimum absolute atomic E-state index is 0.381. The standard InChI is InChI=1S/C19H30N2/c1-2-17-8-14-21(15-9-17)16-19(10-12-20-13-11-19)18-6-4-3-5-7-18/h3-7,17,20H,2,8-16H2,1H3. The van der Waals surface area contributed by atoms with Crippen molar-refractivity contribution in [3.63, 3.8) is 0 Å². The third-order valence-electron chi connectivity index (χ3n) is 5.76. The Bertz CT molecular complexity index is 414. The zero-order chi connectivity index (χ0) is 14.5. The van der Waals surface area contributed by atoms with Crippen molar-refractivity contribution in [3.8, 4) is 0 Å². The van der Waals surface area contributed by atoms with Gasteiger partial charge in [0.25, 0.3) is 0 Å². The van der Waals surface area contributed by atoms with Crippen molar-refractivity contribution in [2.75, 3.05) is 32.7 Å². The normalized spacial score (nSPS) is 24.0. The molecule has 0 bridgehead atoms. The lowest BCUT2D eigenvalue weighted by Crippen LogP contribution is -2.49. The smallest absolute Gasteiger partial charge is 0.0104 e. The first-order valence-corrected chi connectivity index (χ1v) is 8.81. The average Bonchev–Trinajstić information content (AvgIpc) is 2.57. The van der Waals surface area contributed by atoms with Gasteiger partial charge in [0.05, 0.1) is 0 Å². The number of piperidine rings is 2. The molecule has 2 aliphatic heterocycles. The number of nitrogens with one attached hydrogen (secondary N) is 1. The molecule has 1 aromatic rings. The Kier molecular flexibility index (Phi) is 4.97. The van der Waals surface area contributed by atoms with Crippen LogP contribution < -0.4 is 5.32 Å². The third-order valence-corrected chi connectivity index (χ3v) is 5.76. The fraction of sp³-hybridized carbons (Fsp3) is 0.684. The summed E-state index contributed by atoms with van der Waals surface area (Å²) in [6.45, 7) is 8.55. The van der Waals surface area contributed by atoms with E-state index in [0.29, 0.717) is 5.41 Å². The van der Waals surface area contributed by atoms with E-state index in [0.717, 1.165) is 5.92 Å². The van der Waals surface area contributed by atoms with Crippen LogP contribution in [0.2, 0.25) is 0 Å². The van der Waals surface area contributed by atoms with E-state index in [1.165, 1.54) is 64.8 Å². The number of hydrogen-bond donors (Lipinski definition) is 1. The molecule has 2 fully saturated rings. The minimum atomic E-state index is 0.381. The molecule has 2 aliphatic rings. The molecule has 2 heteroatoms. The van der Waals surface area contributed by atoms with Gasteiger partial charge in [-0.05, 0) is 63.3 Å². The Balaban J connectivity index is 1.72. The van der Waals surface area contributed by atoms with Gasteiger partial charge in [-0.2, -0.15) is 0 Å². The van der Waals surface area contributed by atoms with Gasteiger partial charge in [-0.15, -0.1) is 0 Å². The maximum absolute atomic E-state index is 3.54. The lowest BCUT2D eigenvalue weighted by atomic mass is 9.72. The van der Waals surface area contributed by atoms with E-state index in [-0.39, 0.29) is 0 Å². The molecular formula is C19H30N2. The Morgan fingerprint density at radius 3 is 2.38 bits per heavy atom. The van der Waals surface area contributed by atoms with E-state index in [4.69, 9.17) is 0 Å². The van der Waals surface area contributed by atoms with Crippen molar-refractivity contribution < 1.29 is 0 Å². The SMILES string of the molecule is CCC1CCN(CC2(c3ccccc3)CCNCC2)CC1. The number of likely N-dealkylation sites (tertiary alicyclic amines) is 1. The van der Waals surface area contributed by atoms with Gasteiger partial charge in [-0.1, -0.05) is 43.7 Å². The summed E-state index contributed by atoms with van der Waals surface area (Å²) in [5.41, 5.74) is 1.94. The largest absolute Gasteiger partial charge is 0.317 e. The number of hydrogen-bond acceptors (Lipinski definition) is 2. The molecule has 0 atom stereocenters. The predicted octanol–water partition coefficient (Wildman–Crippen LogP) is 3.43. The molecule has 1 N–H and O–H groups in total. The van der Waals surface area contributed by atoms with Gasteiger partial charge in [-0.25, -0.2) is 0 Å². The van der Waals surface area contributed by atoms with Gasteiger partial charge in [0, 0.05) is 12.0 Å². The molecule has 1 aromatic carbocycles. The van der Waals surface area contributed by atoms with E-state index in [2.05, 4.69) is 47.5 Å². The first-order chi connectivity index (χ1) is 10.3. The van der Waals surface area contributed by atoms with Crippen molar-refractivity contribution in [3.05, 3.63) is 35.9 Å². The average molecular weight is 286 g/mol. The summed E-state index contributed by atoms with van der Waals surface area (Å²) < 4.78 is 0. The summed E-state index contributed by atoms with van der Waals surface area (Å²) in [7, 11) is 0. The number of nitrogens with zero attached hydrogens (tertiary/aromatic N) is 1. The van der Waals surface area contributed by atoms with Crippen LogP contribution >= 0.6 is 0 Å². The zero-order valence-corrected chi connectivity index (χ0v) is 13.5. The van der Waals surface area contributed by atoms with Gasteiger partial charge in [0.2, 0.25) is 0 Å². The van der Waals surface area contributed by atoms with Crippen LogP contribution in [0.5, 0.6) is 0 Å². The Morgan fingerprint density at radius 1 is 1.10 bits per heavy atom. The van der Waals surface area contributed by atoms with Crippen LogP contribution in [0.15, 0.2) is 30.3 Å². The highest BCUT2D eigenvalue weighted by Crippen LogP contribution is 2.35. The molecule has 2 heterocycles. The Morgan fingerprint density at radius 2 is 1.76 bits per heavy atom. The van der Waals surface area contributed by atoms with Crippen LogP contribution in [-0.2, 0) is 5.41 Å². The second-order valence-corrected chi connectivity index (χ2v) is 7.02. The van der Waals surface area contributed by atoms with E-state index in [9.17, 15) is 0 Å². The van der Waals surface area contributed by atoms with Crippen LogP contribution in [-0.4, -0.2) is 37.6 Å². The first kappa shape index (κ1) is 15.1. The second kappa shape index (κ2) is 6.93. The number of rotatable bonds is 4. The fourth-order valence-electron chi connectivity index (χ4n) is 4.22. The van der Waals surface area contributed by atoms with Crippen molar-refractivity contribution in [2.24, 2.45) is 5.92 Å². The van der Waals surface area contributed by atoms with Gasteiger partial charge >= 0.3 is 0 Å². The van der Waals surface area contributed by atoms with Gasteiger partial charge < -0.3 is 10.2 Å². The molecule has 2 nitrogen and oxygen atoms in total. The quantitative estimate of drug-likeness (QED) is 0.912. The highest BCUT2D eigenvalue weighted by Gasteiger charge is 2.36. The lowest BCUT2D eigenvalue weighted by Gasteiger charge is -2.44. The molecule has 0 aromatic heterocycles. The summed E-state index contributed by atoms with van der Waals surface area (Å²) in [5.74, 6) is 0.974. The molecular weight excluding hydrogens is 256 g/mol. The second-order valence-electron chi connectivity index (χ2n) is 7.02. The van der Waals surface area contributed by atoms with Crippen molar-refractivity contribution >= 4 is 0 Å². The summed E-state index contributed by atoms with van der Waals surface area (Å²) in [6, 6.07) is 11.3. The van der Waals surface area contributed by atoms with Gasteiger partial charge in [0.1, 0.15) is 0 Å². The molecule has 0 unspecified atom stereocenters. The summed E-state index contributed by atoms with van der Waals surface area (Å²) in [4.78, 5) is 2.74. The monoisotopic (exact) mass is 286 g/mol. The van der Waals surface area contributed by atoms with Crippen molar-refractivity contribution in [2.45, 2.75) is 44.4 Å². The van der Waals surface area contributed by atoms with Crippen LogP contribution in [0.4, 0.5) is 0 Å². The molecule has 2 saturated heterocycles. The summed E-state index contributed by atoms with van der Waals surface area (Å²) >= 11 is 0. The topological polar surface area (TPSA) is 15.3 Å². The molecule has 0 amide bonds. The maximum atomic E-state index is 3.54. The predicted molar refractivity (Wildman–Crippen MR) is 89.7 cm³/mol. The van der Waals surface area contributed by atoms with Crippen molar-refractivity contribution in [1.82, 2.24) is 10.2 Å². The molecule has 116 valence electrons. The Hall–Kier alpha value is -0.860. The van der Waals surface area contributed by atoms with Gasteiger partial charge in [-0.3, -0.25) is 0 Å². The van der Waals surface area contributed by atoms with E-state index < -0.39 is 0 Å². The van der Waals surface area contributed by atoms with E-state index in [1.54, 1.807) is 5.56 Å². The number of benzene rings is 1. The molecule has 3 rings (SSSR count). The minimum Gasteiger partial charge on any atom is -0.317 e. The van der Waals surface area contributed by atoms with Crippen LogP contribution in [0, 0.1) is 5.92 Å². The molecule has 0 radical (unpaired) electrons. The summed E-state index contributed by atoms with van der Waals surface area (Å²) in [6.07, 6.45) is 6.73. The van der Waals surface area contributed by atoms with Crippen LogP contribution in [0.1, 0.15) is 44.6 Å². The molecule has 0 spiro atoms. The van der Waals surface area contributed by atoms with E-state index >= 15 is 0 Å². The van der Waals surface area contributed by atoms with Crippen LogP contribution in [0.3, 0.4) is 0 Å². The molecule has 0 aliphatic carbocycles. The highest BCUT2D eigenvalue weighted by atomic mass is 15.1. The first-order valence-electron chi connectivity index (χ1n) is 8.81.